The second-order valence-electron chi connectivity index (χ2n) is 8.85. The lowest BCUT2D eigenvalue weighted by atomic mass is 9.87. The number of benzene rings is 2. The highest BCUT2D eigenvalue weighted by molar-refractivity contribution is 5.94. The van der Waals surface area contributed by atoms with Crippen LogP contribution in [0.15, 0.2) is 65.6 Å². The summed E-state index contributed by atoms with van der Waals surface area (Å²) < 4.78 is 5.74. The smallest absolute Gasteiger partial charge is 0.263 e. The molecule has 0 radical (unpaired) electrons. The molecule has 0 spiro atoms. The molecule has 2 aromatic carbocycles. The van der Waals surface area contributed by atoms with E-state index in [1.165, 1.54) is 11.8 Å². The van der Waals surface area contributed by atoms with Crippen LogP contribution in [0.25, 0.3) is 0 Å². The molecular weight excluding hydrogens is 390 g/mol. The van der Waals surface area contributed by atoms with Gasteiger partial charge in [0.05, 0.1) is 6.04 Å². The van der Waals surface area contributed by atoms with Crippen LogP contribution in [0.2, 0.25) is 0 Å². The van der Waals surface area contributed by atoms with Crippen molar-refractivity contribution in [3.8, 4) is 5.75 Å². The minimum Gasteiger partial charge on any atom is -0.486 e. The van der Waals surface area contributed by atoms with Gasteiger partial charge in [-0.05, 0) is 35.1 Å². The van der Waals surface area contributed by atoms with Gasteiger partial charge in [-0.1, -0.05) is 63.2 Å². The summed E-state index contributed by atoms with van der Waals surface area (Å²) in [6.45, 7) is 7.22. The Morgan fingerprint density at radius 2 is 1.84 bits per heavy atom. The van der Waals surface area contributed by atoms with Gasteiger partial charge < -0.3 is 14.6 Å². The highest BCUT2D eigenvalue weighted by Gasteiger charge is 2.34. The zero-order chi connectivity index (χ0) is 22.0. The molecule has 1 fully saturated rings. The lowest BCUT2D eigenvalue weighted by Gasteiger charge is -2.41. The van der Waals surface area contributed by atoms with Crippen LogP contribution in [0.1, 0.15) is 60.5 Å². The van der Waals surface area contributed by atoms with Crippen molar-refractivity contribution in [2.24, 2.45) is 0 Å². The Balaban J connectivity index is 1.41. The molecule has 6 heteroatoms. The molecule has 1 amide bonds. The number of hydrogen-bond donors (Lipinski definition) is 1. The maximum Gasteiger partial charge on any atom is 0.263 e. The lowest BCUT2D eigenvalue weighted by Crippen LogP contribution is -2.46. The average molecular weight is 418 g/mol. The fourth-order valence-electron chi connectivity index (χ4n) is 3.67. The first-order chi connectivity index (χ1) is 14.8. The van der Waals surface area contributed by atoms with Crippen molar-refractivity contribution in [1.29, 1.82) is 0 Å². The predicted molar refractivity (Wildman–Crippen MR) is 119 cm³/mol. The van der Waals surface area contributed by atoms with E-state index in [9.17, 15) is 9.59 Å². The van der Waals surface area contributed by atoms with Crippen LogP contribution >= 0.6 is 0 Å². The normalized spacial score (nSPS) is 16.0. The third-order valence-electron chi connectivity index (χ3n) is 5.64. The van der Waals surface area contributed by atoms with Crippen LogP contribution in [0.3, 0.4) is 0 Å². The van der Waals surface area contributed by atoms with Crippen LogP contribution in [0, 0.1) is 0 Å². The van der Waals surface area contributed by atoms with E-state index >= 15 is 0 Å². The molecule has 3 aromatic rings. The first-order valence-corrected chi connectivity index (χ1v) is 10.5. The number of hydrogen-bond acceptors (Lipinski definition) is 4. The topological polar surface area (TPSA) is 75.3 Å². The van der Waals surface area contributed by atoms with E-state index in [1.54, 1.807) is 4.90 Å². The summed E-state index contributed by atoms with van der Waals surface area (Å²) in [4.78, 5) is 34.0. The van der Waals surface area contributed by atoms with Crippen LogP contribution in [0.4, 0.5) is 0 Å². The van der Waals surface area contributed by atoms with Crippen molar-refractivity contribution >= 4 is 5.91 Å². The molecular formula is C25H27N3O3. The van der Waals surface area contributed by atoms with Crippen molar-refractivity contribution in [1.82, 2.24) is 14.9 Å². The Kier molecular flexibility index (Phi) is 5.63. The third kappa shape index (κ3) is 4.53. The summed E-state index contributed by atoms with van der Waals surface area (Å²) >= 11 is 0. The molecule has 1 N–H and O–H groups in total. The number of carbonyl (C=O) groups excluding carboxylic acids is 1. The van der Waals surface area contributed by atoms with Crippen molar-refractivity contribution < 1.29 is 9.53 Å². The van der Waals surface area contributed by atoms with Gasteiger partial charge in [-0.25, -0.2) is 4.98 Å². The molecule has 4 rings (SSSR count). The first-order valence-electron chi connectivity index (χ1n) is 10.5. The number of rotatable bonds is 5. The Bertz CT molecular complexity index is 1120. The molecule has 6 nitrogen and oxygen atoms in total. The van der Waals surface area contributed by atoms with Crippen molar-refractivity contribution in [2.75, 3.05) is 6.54 Å². The molecule has 31 heavy (non-hydrogen) atoms. The fourth-order valence-corrected chi connectivity index (χ4v) is 3.67. The van der Waals surface area contributed by atoms with Gasteiger partial charge in [0.1, 0.15) is 23.7 Å². The average Bonchev–Trinajstić information content (AvgIpc) is 2.72. The van der Waals surface area contributed by atoms with Gasteiger partial charge in [0.15, 0.2) is 0 Å². The molecule has 0 unspecified atom stereocenters. The first kappa shape index (κ1) is 20.8. The minimum atomic E-state index is -0.444. The summed E-state index contributed by atoms with van der Waals surface area (Å²) in [5, 5.41) is 0. The number of aromatic amines is 1. The predicted octanol–water partition coefficient (Wildman–Crippen LogP) is 4.23. The second kappa shape index (κ2) is 8.38. The molecule has 1 aliphatic heterocycles. The zero-order valence-electron chi connectivity index (χ0n) is 18.1. The molecule has 0 saturated carbocycles. The Morgan fingerprint density at radius 1 is 1.13 bits per heavy atom. The van der Waals surface area contributed by atoms with Crippen LogP contribution in [-0.4, -0.2) is 27.3 Å². The quantitative estimate of drug-likeness (QED) is 0.674. The number of H-pyrrole nitrogens is 1. The van der Waals surface area contributed by atoms with E-state index in [2.05, 4.69) is 30.7 Å². The summed E-state index contributed by atoms with van der Waals surface area (Å²) in [5.74, 6) is 0.783. The maximum absolute atomic E-state index is 12.9. The van der Waals surface area contributed by atoms with Gasteiger partial charge in [-0.2, -0.15) is 0 Å². The second-order valence-corrected chi connectivity index (χ2v) is 8.85. The summed E-state index contributed by atoms with van der Waals surface area (Å²) in [6, 6.07) is 17.7. The van der Waals surface area contributed by atoms with Gasteiger partial charge in [0, 0.05) is 12.7 Å². The number of nitrogens with one attached hydrogen (secondary N) is 1. The molecule has 0 bridgehead atoms. The standard InChI is InChI=1S/C25H27N3O3/c1-25(2,3)18-9-11-19(12-10-18)31-16-22-26-15-20(23(29)27-22)24(30)28-14-13-21(28)17-7-5-4-6-8-17/h4-12,15,21H,13-14,16H2,1-3H3,(H,26,27,29)/t21-/m1/s1. The Labute approximate surface area is 181 Å². The molecule has 1 saturated heterocycles. The van der Waals surface area contributed by atoms with E-state index < -0.39 is 5.56 Å². The van der Waals surface area contributed by atoms with Gasteiger partial charge in [0.25, 0.3) is 11.5 Å². The van der Waals surface area contributed by atoms with E-state index in [4.69, 9.17) is 4.74 Å². The highest BCUT2D eigenvalue weighted by Crippen LogP contribution is 2.33. The third-order valence-corrected chi connectivity index (χ3v) is 5.64. The van der Waals surface area contributed by atoms with Crippen molar-refractivity contribution in [3.05, 3.63) is 93.7 Å². The maximum atomic E-state index is 12.9. The number of ether oxygens (including phenoxy) is 1. The summed E-state index contributed by atoms with van der Waals surface area (Å²) in [7, 11) is 0. The monoisotopic (exact) mass is 417 g/mol. The van der Waals surface area contributed by atoms with E-state index in [-0.39, 0.29) is 29.5 Å². The van der Waals surface area contributed by atoms with E-state index in [1.807, 2.05) is 54.6 Å². The van der Waals surface area contributed by atoms with E-state index in [0.717, 1.165) is 12.0 Å². The molecule has 1 aliphatic rings. The Morgan fingerprint density at radius 3 is 2.42 bits per heavy atom. The summed E-state index contributed by atoms with van der Waals surface area (Å²) in [6.07, 6.45) is 2.24. The van der Waals surface area contributed by atoms with Gasteiger partial charge in [-0.15, -0.1) is 0 Å². The van der Waals surface area contributed by atoms with E-state index in [0.29, 0.717) is 18.1 Å². The van der Waals surface area contributed by atoms with Crippen molar-refractivity contribution in [2.45, 2.75) is 45.3 Å². The zero-order valence-corrected chi connectivity index (χ0v) is 18.1. The van der Waals surface area contributed by atoms with Crippen LogP contribution in [-0.2, 0) is 12.0 Å². The SMILES string of the molecule is CC(C)(C)c1ccc(OCc2ncc(C(=O)N3CC[C@@H]3c3ccccc3)c(=O)[nH]2)cc1. The fraction of sp³-hybridized carbons (Fsp3) is 0.320. The number of amides is 1. The number of nitrogens with zero attached hydrogens (tertiary/aromatic N) is 2. The molecule has 1 atom stereocenters. The Hall–Kier alpha value is -3.41. The van der Waals surface area contributed by atoms with Gasteiger partial charge in [0.2, 0.25) is 0 Å². The highest BCUT2D eigenvalue weighted by atomic mass is 16.5. The number of aromatic nitrogens is 2. The molecule has 1 aromatic heterocycles. The summed E-state index contributed by atoms with van der Waals surface area (Å²) in [5.41, 5.74) is 1.98. The minimum absolute atomic E-state index is 0.00665. The molecule has 0 aliphatic carbocycles. The lowest BCUT2D eigenvalue weighted by molar-refractivity contribution is 0.0457. The van der Waals surface area contributed by atoms with Crippen LogP contribution in [0.5, 0.6) is 5.75 Å². The van der Waals surface area contributed by atoms with Gasteiger partial charge in [-0.3, -0.25) is 9.59 Å². The van der Waals surface area contributed by atoms with Crippen molar-refractivity contribution in [3.63, 3.8) is 0 Å². The number of carbonyl (C=O) groups is 1. The molecule has 160 valence electrons. The molecule has 2 heterocycles. The number of likely N-dealkylation sites (tertiary alicyclic amines) is 1. The van der Waals surface area contributed by atoms with Gasteiger partial charge >= 0.3 is 0 Å². The largest absolute Gasteiger partial charge is 0.486 e. The van der Waals surface area contributed by atoms with Crippen LogP contribution < -0.4 is 10.3 Å².